The van der Waals surface area contributed by atoms with Gasteiger partial charge in [0, 0.05) is 19.3 Å². The van der Waals surface area contributed by atoms with Gasteiger partial charge in [0.1, 0.15) is 5.75 Å². The second-order valence-corrected chi connectivity index (χ2v) is 7.26. The third kappa shape index (κ3) is 6.05. The molecule has 0 aliphatic carbocycles. The maximum atomic E-state index is 12.4. The van der Waals surface area contributed by atoms with Crippen LogP contribution in [0, 0.1) is 6.92 Å². The van der Waals surface area contributed by atoms with Crippen LogP contribution in [0.2, 0.25) is 0 Å². The van der Waals surface area contributed by atoms with Crippen LogP contribution in [0.25, 0.3) is 0 Å². The van der Waals surface area contributed by atoms with E-state index in [-0.39, 0.29) is 17.4 Å². The second kappa shape index (κ2) is 9.21. The summed E-state index contributed by atoms with van der Waals surface area (Å²) in [7, 11) is -2.14. The lowest BCUT2D eigenvalue weighted by Crippen LogP contribution is -2.31. The lowest BCUT2D eigenvalue weighted by atomic mass is 10.2. The van der Waals surface area contributed by atoms with Gasteiger partial charge >= 0.3 is 0 Å². The van der Waals surface area contributed by atoms with Crippen molar-refractivity contribution in [3.05, 3.63) is 54.1 Å². The number of benzene rings is 2. The quantitative estimate of drug-likeness (QED) is 0.651. The number of carbonyl (C=O) groups is 1. The first kappa shape index (κ1) is 19.7. The van der Waals surface area contributed by atoms with E-state index >= 15 is 0 Å². The van der Waals surface area contributed by atoms with E-state index in [0.717, 1.165) is 5.56 Å². The maximum Gasteiger partial charge on any atom is 0.261 e. The number of aryl methyl sites for hydroxylation is 1. The van der Waals surface area contributed by atoms with Crippen molar-refractivity contribution >= 4 is 21.6 Å². The van der Waals surface area contributed by atoms with Gasteiger partial charge in [0.15, 0.2) is 6.61 Å². The monoisotopic (exact) mass is 378 g/mol. The summed E-state index contributed by atoms with van der Waals surface area (Å²) in [5.41, 5.74) is 1.45. The Morgan fingerprint density at radius 3 is 2.50 bits per heavy atom. The Hall–Kier alpha value is -2.58. The minimum atomic E-state index is -3.69. The average molecular weight is 378 g/mol. The molecule has 0 aromatic heterocycles. The standard InChI is InChI=1S/C18H22N2O5S/c1-14-4-3-5-15(12-14)20-26(22,23)17-8-6-16(7-9-17)25-13-18(21)19-10-11-24-2/h3-9,12,20H,10-11,13H2,1-2H3,(H,19,21). The van der Waals surface area contributed by atoms with Gasteiger partial charge in [0.2, 0.25) is 0 Å². The number of rotatable bonds is 9. The fourth-order valence-electron chi connectivity index (χ4n) is 2.13. The van der Waals surface area contributed by atoms with Crippen LogP contribution in [0.15, 0.2) is 53.4 Å². The predicted octanol–water partition coefficient (Wildman–Crippen LogP) is 1.94. The van der Waals surface area contributed by atoms with Gasteiger partial charge in [0.25, 0.3) is 15.9 Å². The van der Waals surface area contributed by atoms with Crippen molar-refractivity contribution in [2.75, 3.05) is 31.6 Å². The van der Waals surface area contributed by atoms with E-state index in [0.29, 0.717) is 24.6 Å². The predicted molar refractivity (Wildman–Crippen MR) is 98.8 cm³/mol. The van der Waals surface area contributed by atoms with Gasteiger partial charge in [-0.25, -0.2) is 8.42 Å². The van der Waals surface area contributed by atoms with Crippen LogP contribution in [0.1, 0.15) is 5.56 Å². The molecule has 0 aliphatic heterocycles. The van der Waals surface area contributed by atoms with Gasteiger partial charge in [-0.1, -0.05) is 12.1 Å². The molecule has 26 heavy (non-hydrogen) atoms. The van der Waals surface area contributed by atoms with E-state index in [1.165, 1.54) is 24.3 Å². The largest absolute Gasteiger partial charge is 0.484 e. The third-order valence-electron chi connectivity index (χ3n) is 3.40. The fraction of sp³-hybridized carbons (Fsp3) is 0.278. The molecule has 140 valence electrons. The summed E-state index contributed by atoms with van der Waals surface area (Å²) in [5.74, 6) is 0.126. The third-order valence-corrected chi connectivity index (χ3v) is 4.80. The Morgan fingerprint density at radius 2 is 1.85 bits per heavy atom. The number of hydrogen-bond donors (Lipinski definition) is 2. The maximum absolute atomic E-state index is 12.4. The van der Waals surface area contributed by atoms with Crippen LogP contribution < -0.4 is 14.8 Å². The van der Waals surface area contributed by atoms with Crippen LogP contribution in [0.5, 0.6) is 5.75 Å². The van der Waals surface area contributed by atoms with Crippen molar-refractivity contribution in [3.63, 3.8) is 0 Å². The summed E-state index contributed by atoms with van der Waals surface area (Å²) in [6.45, 7) is 2.56. The van der Waals surface area contributed by atoms with Crippen molar-refractivity contribution in [1.29, 1.82) is 0 Å². The highest BCUT2D eigenvalue weighted by Gasteiger charge is 2.14. The molecular weight excluding hydrogens is 356 g/mol. The number of anilines is 1. The molecule has 0 saturated heterocycles. The van der Waals surface area contributed by atoms with Crippen LogP contribution >= 0.6 is 0 Å². The van der Waals surface area contributed by atoms with Crippen LogP contribution in [-0.4, -0.2) is 41.2 Å². The number of carbonyl (C=O) groups excluding carboxylic acids is 1. The molecule has 1 amide bonds. The topological polar surface area (TPSA) is 93.7 Å². The summed E-state index contributed by atoms with van der Waals surface area (Å²) in [6.07, 6.45) is 0. The molecular formula is C18H22N2O5S. The molecule has 0 spiro atoms. The first-order valence-corrected chi connectivity index (χ1v) is 9.47. The van der Waals surface area contributed by atoms with Gasteiger partial charge in [-0.2, -0.15) is 0 Å². The van der Waals surface area contributed by atoms with Crippen LogP contribution in [0.4, 0.5) is 5.69 Å². The van der Waals surface area contributed by atoms with E-state index in [4.69, 9.17) is 9.47 Å². The molecule has 0 aliphatic rings. The molecule has 0 radical (unpaired) electrons. The van der Waals surface area contributed by atoms with Crippen LogP contribution in [-0.2, 0) is 19.6 Å². The number of hydrogen-bond acceptors (Lipinski definition) is 5. The Balaban J connectivity index is 1.94. The zero-order valence-corrected chi connectivity index (χ0v) is 15.5. The van der Waals surface area contributed by atoms with Gasteiger partial charge in [-0.05, 0) is 48.9 Å². The highest BCUT2D eigenvalue weighted by molar-refractivity contribution is 7.92. The van der Waals surface area contributed by atoms with Gasteiger partial charge in [-0.3, -0.25) is 9.52 Å². The van der Waals surface area contributed by atoms with E-state index in [1.54, 1.807) is 25.3 Å². The molecule has 0 unspecified atom stereocenters. The molecule has 2 aromatic carbocycles. The van der Waals surface area contributed by atoms with E-state index in [1.807, 2.05) is 13.0 Å². The number of methoxy groups -OCH3 is 1. The molecule has 0 heterocycles. The van der Waals surface area contributed by atoms with E-state index < -0.39 is 10.0 Å². The molecule has 0 bridgehead atoms. The molecule has 0 fully saturated rings. The van der Waals surface area contributed by atoms with E-state index in [9.17, 15) is 13.2 Å². The normalized spacial score (nSPS) is 11.0. The Kier molecular flexibility index (Phi) is 6.99. The summed E-state index contributed by atoms with van der Waals surface area (Å²) < 4.78 is 37.5. The Bertz CT molecular complexity index is 835. The highest BCUT2D eigenvalue weighted by Crippen LogP contribution is 2.19. The number of nitrogens with one attached hydrogen (secondary N) is 2. The first-order chi connectivity index (χ1) is 12.4. The van der Waals surface area contributed by atoms with Gasteiger partial charge < -0.3 is 14.8 Å². The van der Waals surface area contributed by atoms with Crippen molar-refractivity contribution in [2.24, 2.45) is 0 Å². The molecule has 0 saturated carbocycles. The molecule has 8 heteroatoms. The fourth-order valence-corrected chi connectivity index (χ4v) is 3.18. The highest BCUT2D eigenvalue weighted by atomic mass is 32.2. The number of sulfonamides is 1. The van der Waals surface area contributed by atoms with Crippen molar-refractivity contribution < 1.29 is 22.7 Å². The summed E-state index contributed by atoms with van der Waals surface area (Å²) >= 11 is 0. The van der Waals surface area contributed by atoms with E-state index in [2.05, 4.69) is 10.0 Å². The minimum Gasteiger partial charge on any atom is -0.484 e. The van der Waals surface area contributed by atoms with Gasteiger partial charge in [-0.15, -0.1) is 0 Å². The molecule has 2 rings (SSSR count). The van der Waals surface area contributed by atoms with Crippen molar-refractivity contribution in [3.8, 4) is 5.75 Å². The van der Waals surface area contributed by atoms with Crippen molar-refractivity contribution in [2.45, 2.75) is 11.8 Å². The molecule has 0 atom stereocenters. The lowest BCUT2D eigenvalue weighted by molar-refractivity contribution is -0.123. The van der Waals surface area contributed by atoms with Gasteiger partial charge in [0.05, 0.1) is 11.5 Å². The first-order valence-electron chi connectivity index (χ1n) is 7.99. The summed E-state index contributed by atoms with van der Waals surface area (Å²) in [5, 5.41) is 2.63. The Morgan fingerprint density at radius 1 is 1.12 bits per heavy atom. The SMILES string of the molecule is COCCNC(=O)COc1ccc(S(=O)(=O)Nc2cccc(C)c2)cc1. The van der Waals surface area contributed by atoms with Crippen LogP contribution in [0.3, 0.4) is 0 Å². The smallest absolute Gasteiger partial charge is 0.261 e. The molecule has 7 nitrogen and oxygen atoms in total. The lowest BCUT2D eigenvalue weighted by Gasteiger charge is -2.10. The summed E-state index contributed by atoms with van der Waals surface area (Å²) in [4.78, 5) is 11.7. The average Bonchev–Trinajstić information content (AvgIpc) is 2.60. The zero-order chi connectivity index (χ0) is 19.0. The molecule has 2 aromatic rings. The Labute approximate surface area is 153 Å². The number of ether oxygens (including phenoxy) is 2. The molecule has 2 N–H and O–H groups in total. The second-order valence-electron chi connectivity index (χ2n) is 5.58. The summed E-state index contributed by atoms with van der Waals surface area (Å²) in [6, 6.07) is 13.0. The zero-order valence-electron chi connectivity index (χ0n) is 14.7. The van der Waals surface area contributed by atoms with Crippen molar-refractivity contribution in [1.82, 2.24) is 5.32 Å². The minimum absolute atomic E-state index is 0.107. The number of amides is 1.